The van der Waals surface area contributed by atoms with Gasteiger partial charge in [-0.05, 0) is 134 Å². The summed E-state index contributed by atoms with van der Waals surface area (Å²) in [5, 5.41) is 35.4. The number of hydrogen-bond donors (Lipinski definition) is 3. The molecule has 15 aromatic rings. The van der Waals surface area contributed by atoms with E-state index in [2.05, 4.69) is 221 Å². The van der Waals surface area contributed by atoms with Crippen molar-refractivity contribution in [3.8, 4) is 44.9 Å². The third-order valence-corrected chi connectivity index (χ3v) is 16.4. The maximum atomic E-state index is 10.7. The third kappa shape index (κ3) is 26.7. The first-order chi connectivity index (χ1) is 49.6. The Balaban J connectivity index is 0.000000609. The van der Waals surface area contributed by atoms with Gasteiger partial charge in [-0.25, -0.2) is 0 Å². The molecular formula is C97H113F3O5S. The topological polar surface area (TPSA) is 94.8 Å². The fourth-order valence-corrected chi connectivity index (χ4v) is 11.1. The molecule has 0 heterocycles. The Bertz CT molecular complexity index is 4420. The van der Waals surface area contributed by atoms with Gasteiger partial charge in [0.25, 0.3) is 0 Å². The Labute approximate surface area is 633 Å². The number of alkyl halides is 3. The molecular weight excluding hydrogens is 1330 g/mol. The van der Waals surface area contributed by atoms with Gasteiger partial charge in [0.15, 0.2) is 0 Å². The van der Waals surface area contributed by atoms with Gasteiger partial charge in [0.1, 0.15) is 11.5 Å². The number of rotatable bonds is 9. The van der Waals surface area contributed by atoms with Crippen LogP contribution in [0, 0.1) is 0 Å². The fourth-order valence-electron chi connectivity index (χ4n) is 11.1. The van der Waals surface area contributed by atoms with Crippen molar-refractivity contribution in [2.45, 2.75) is 130 Å². The monoisotopic (exact) mass is 1450 g/mol. The average Bonchev–Trinajstić information content (AvgIpc) is 0.757. The van der Waals surface area contributed by atoms with Crippen LogP contribution in [0.3, 0.4) is 0 Å². The van der Waals surface area contributed by atoms with Gasteiger partial charge in [0, 0.05) is 11.1 Å². The standard InChI is InChI=1S/2C16H10.C16H14.2C12H10O.C12H18.4C2H6.CHF3O3S.4CH4/c2*1-3-11-7-9-13-5-2-6-14-10-8-12(4-1)15(11)16(13)14;1-3-13-5-9-15(10-6-13)16-11-7-14(4-2)8-12-16;2*13-12-9-5-4-8-11(12)10-6-2-1-3-7-10;1-3-5-11-7-9-12(6-4-2)10-8-11;4*1-2;2-1(3,4)8(5,6)7;;;;/h2*1-10H;3-12H,1-2H2;2*1-9,13H;7-10H,3-6H2,1-2H3;4*1-2H3;(H,5,6,7);4*1H4. The van der Waals surface area contributed by atoms with Crippen molar-refractivity contribution < 1.29 is 36.4 Å². The molecule has 558 valence electrons. The Morgan fingerprint density at radius 3 is 0.726 bits per heavy atom. The minimum absolute atomic E-state index is 0. The molecule has 9 heteroatoms. The molecule has 0 aliphatic rings. The van der Waals surface area contributed by atoms with Gasteiger partial charge in [0.2, 0.25) is 0 Å². The molecule has 0 spiro atoms. The van der Waals surface area contributed by atoms with Crippen LogP contribution in [0.2, 0.25) is 0 Å². The zero-order valence-corrected chi connectivity index (χ0v) is 61.3. The second-order valence-corrected chi connectivity index (χ2v) is 23.6. The van der Waals surface area contributed by atoms with Crippen molar-refractivity contribution in [1.29, 1.82) is 0 Å². The maximum Gasteiger partial charge on any atom is 0.522 e. The first-order valence-electron chi connectivity index (χ1n) is 35.1. The molecule has 0 amide bonds. The fraction of sp³-hybridized carbons (Fsp3) is 0.196. The zero-order valence-electron chi connectivity index (χ0n) is 60.5. The van der Waals surface area contributed by atoms with Gasteiger partial charge in [-0.2, -0.15) is 21.6 Å². The normalized spacial score (nSPS) is 9.87. The predicted octanol–water partition coefficient (Wildman–Crippen LogP) is 30.6. The highest BCUT2D eigenvalue weighted by Gasteiger charge is 2.44. The molecule has 15 aromatic carbocycles. The van der Waals surface area contributed by atoms with Crippen LogP contribution >= 0.6 is 0 Å². The smallest absolute Gasteiger partial charge is 0.507 e. The van der Waals surface area contributed by atoms with Gasteiger partial charge in [-0.15, -0.1) is 0 Å². The van der Waals surface area contributed by atoms with Crippen LogP contribution in [0.15, 0.2) is 316 Å². The van der Waals surface area contributed by atoms with Gasteiger partial charge < -0.3 is 10.2 Å². The first-order valence-corrected chi connectivity index (χ1v) is 36.5. The van der Waals surface area contributed by atoms with Crippen LogP contribution < -0.4 is 0 Å². The number of hydrogen-bond acceptors (Lipinski definition) is 4. The summed E-state index contributed by atoms with van der Waals surface area (Å²) in [6.45, 7) is 27.9. The molecule has 0 radical (unpaired) electrons. The van der Waals surface area contributed by atoms with Crippen LogP contribution in [0.4, 0.5) is 13.2 Å². The molecule has 0 bridgehead atoms. The number of benzene rings is 15. The molecule has 0 unspecified atom stereocenters. The SMILES string of the molecule is C.C.C.C.C=Cc1ccc(-c2ccc(C=C)cc2)cc1.CC.CC.CC.CC.CCCc1ccc(CCC)cc1.O=S(=O)(O)C(F)(F)F.Oc1ccccc1-c1ccccc1.Oc1ccccc1-c1ccccc1.c1cc2ccc3cccc4ccc(c1)c2c34.c1cc2ccc3cccc4ccc(c1)c2c34. The van der Waals surface area contributed by atoms with Crippen LogP contribution in [0.1, 0.15) is 134 Å². The number of aromatic hydroxyl groups is 2. The second kappa shape index (κ2) is 49.0. The van der Waals surface area contributed by atoms with Gasteiger partial charge in [-0.3, -0.25) is 4.55 Å². The van der Waals surface area contributed by atoms with Gasteiger partial charge in [-0.1, -0.05) is 428 Å². The Morgan fingerprint density at radius 1 is 0.311 bits per heavy atom. The van der Waals surface area contributed by atoms with E-state index in [1.54, 1.807) is 12.1 Å². The van der Waals surface area contributed by atoms with E-state index in [-0.39, 0.29) is 29.7 Å². The second-order valence-electron chi connectivity index (χ2n) is 22.2. The van der Waals surface area contributed by atoms with Crippen molar-refractivity contribution in [1.82, 2.24) is 0 Å². The third-order valence-electron chi connectivity index (χ3n) is 15.8. The van der Waals surface area contributed by atoms with E-state index in [4.69, 9.17) is 13.0 Å². The van der Waals surface area contributed by atoms with Crippen molar-refractivity contribution in [2.75, 3.05) is 0 Å². The molecule has 0 aromatic heterocycles. The van der Waals surface area contributed by atoms with Crippen molar-refractivity contribution in [2.24, 2.45) is 0 Å². The summed E-state index contributed by atoms with van der Waals surface area (Å²) in [6, 6.07) is 104. The largest absolute Gasteiger partial charge is 0.522 e. The maximum absolute atomic E-state index is 10.7. The summed E-state index contributed by atoms with van der Waals surface area (Å²) in [5.74, 6) is 0.655. The lowest BCUT2D eigenvalue weighted by Crippen LogP contribution is -2.21. The summed E-state index contributed by atoms with van der Waals surface area (Å²) in [5.41, 5.74) is 5.98. The molecule has 0 fully saturated rings. The molecule has 0 aliphatic carbocycles. The molecule has 0 atom stereocenters. The van der Waals surface area contributed by atoms with Gasteiger partial charge in [0.05, 0.1) is 0 Å². The molecule has 0 aliphatic heterocycles. The minimum Gasteiger partial charge on any atom is -0.507 e. The highest BCUT2D eigenvalue weighted by atomic mass is 32.2. The summed E-state index contributed by atoms with van der Waals surface area (Å²) in [6.07, 6.45) is 8.62. The summed E-state index contributed by atoms with van der Waals surface area (Å²) in [7, 11) is -5.84. The van der Waals surface area contributed by atoms with Crippen LogP contribution in [-0.4, -0.2) is 28.7 Å². The van der Waals surface area contributed by atoms with E-state index in [0.29, 0.717) is 11.5 Å². The number of phenolic OH excluding ortho intramolecular Hbond substituents is 2. The Morgan fingerprint density at radius 2 is 0.528 bits per heavy atom. The number of para-hydroxylation sites is 2. The lowest BCUT2D eigenvalue weighted by atomic mass is 9.95. The number of phenols is 2. The van der Waals surface area contributed by atoms with Crippen molar-refractivity contribution in [3.63, 3.8) is 0 Å². The van der Waals surface area contributed by atoms with Gasteiger partial charge >= 0.3 is 15.6 Å². The minimum atomic E-state index is -5.84. The van der Waals surface area contributed by atoms with E-state index in [1.165, 1.54) is 113 Å². The quantitative estimate of drug-likeness (QED) is 0.0760. The van der Waals surface area contributed by atoms with E-state index in [0.717, 1.165) is 33.4 Å². The summed E-state index contributed by atoms with van der Waals surface area (Å²) < 4.78 is 57.5. The summed E-state index contributed by atoms with van der Waals surface area (Å²) in [4.78, 5) is 0. The number of aryl methyl sites for hydroxylation is 2. The van der Waals surface area contributed by atoms with Crippen molar-refractivity contribution in [3.05, 3.63) is 339 Å². The van der Waals surface area contributed by atoms with E-state index in [9.17, 15) is 23.4 Å². The highest BCUT2D eigenvalue weighted by Crippen LogP contribution is 2.36. The lowest BCUT2D eigenvalue weighted by Gasteiger charge is -2.09. The molecule has 3 N–H and O–H groups in total. The molecule has 0 saturated heterocycles. The van der Waals surface area contributed by atoms with Crippen LogP contribution in [0.25, 0.3) is 110 Å². The van der Waals surface area contributed by atoms with E-state index >= 15 is 0 Å². The zero-order chi connectivity index (χ0) is 74.5. The Kier molecular flexibility index (Phi) is 43.1. The van der Waals surface area contributed by atoms with E-state index in [1.807, 2.05) is 165 Å². The predicted molar refractivity (Wildman–Crippen MR) is 464 cm³/mol. The molecule has 5 nitrogen and oxygen atoms in total. The average molecular weight is 1450 g/mol. The Hall–Kier alpha value is -10.8. The first kappa shape index (κ1) is 93.2. The van der Waals surface area contributed by atoms with E-state index < -0.39 is 15.6 Å². The van der Waals surface area contributed by atoms with Crippen LogP contribution in [-0.2, 0) is 23.0 Å². The van der Waals surface area contributed by atoms with Crippen LogP contribution in [0.5, 0.6) is 11.5 Å². The molecule has 106 heavy (non-hydrogen) atoms. The number of halogens is 3. The highest BCUT2D eigenvalue weighted by molar-refractivity contribution is 7.86. The lowest BCUT2D eigenvalue weighted by molar-refractivity contribution is -0.0510. The van der Waals surface area contributed by atoms with Crippen molar-refractivity contribution >= 4 is 86.9 Å². The molecule has 15 rings (SSSR count). The molecule has 0 saturated carbocycles. The summed E-state index contributed by atoms with van der Waals surface area (Å²) >= 11 is 0.